The minimum atomic E-state index is -0.389. The number of benzene rings is 2. The van der Waals surface area contributed by atoms with Gasteiger partial charge in [-0.2, -0.15) is 0 Å². The summed E-state index contributed by atoms with van der Waals surface area (Å²) in [6.07, 6.45) is 1.55. The Hall–Kier alpha value is -2.59. The number of fused-ring (bicyclic) bond motifs is 1. The van der Waals surface area contributed by atoms with Crippen LogP contribution in [0.5, 0.6) is 0 Å². The zero-order valence-corrected chi connectivity index (χ0v) is 14.9. The minimum absolute atomic E-state index is 0.314. The van der Waals surface area contributed by atoms with Crippen LogP contribution in [0, 0.1) is 6.92 Å². The van der Waals surface area contributed by atoms with E-state index in [1.165, 1.54) is 0 Å². The van der Waals surface area contributed by atoms with Crippen LogP contribution in [0.1, 0.15) is 28.4 Å². The molecule has 0 saturated heterocycles. The van der Waals surface area contributed by atoms with E-state index < -0.39 is 0 Å². The van der Waals surface area contributed by atoms with E-state index in [-0.39, 0.29) is 5.97 Å². The van der Waals surface area contributed by atoms with Crippen LogP contribution >= 0.6 is 11.6 Å². The summed E-state index contributed by atoms with van der Waals surface area (Å²) in [7, 11) is 0. The Morgan fingerprint density at radius 2 is 1.96 bits per heavy atom. The van der Waals surface area contributed by atoms with Crippen LogP contribution in [0.4, 0.5) is 5.69 Å². The maximum atomic E-state index is 12.3. The highest BCUT2D eigenvalue weighted by Crippen LogP contribution is 2.32. The van der Waals surface area contributed by atoms with Gasteiger partial charge in [-0.05, 0) is 37.1 Å². The number of anilines is 1. The zero-order chi connectivity index (χ0) is 17.8. The van der Waals surface area contributed by atoms with E-state index in [2.05, 4.69) is 10.3 Å². The number of rotatable bonds is 5. The normalized spacial score (nSPS) is 10.7. The Morgan fingerprint density at radius 3 is 2.68 bits per heavy atom. The largest absolute Gasteiger partial charge is 0.462 e. The van der Waals surface area contributed by atoms with Gasteiger partial charge in [-0.25, -0.2) is 4.79 Å². The Kier molecular flexibility index (Phi) is 5.19. The van der Waals surface area contributed by atoms with Crippen molar-refractivity contribution in [1.82, 2.24) is 4.98 Å². The van der Waals surface area contributed by atoms with Crippen LogP contribution in [0.3, 0.4) is 0 Å². The van der Waals surface area contributed by atoms with Gasteiger partial charge in [0.15, 0.2) is 0 Å². The van der Waals surface area contributed by atoms with Crippen molar-refractivity contribution in [3.63, 3.8) is 0 Å². The lowest BCUT2D eigenvalue weighted by molar-refractivity contribution is 0.0527. The van der Waals surface area contributed by atoms with E-state index >= 15 is 0 Å². The average molecular weight is 355 g/mol. The molecule has 3 rings (SSSR count). The summed E-state index contributed by atoms with van der Waals surface area (Å²) >= 11 is 6.21. The van der Waals surface area contributed by atoms with Gasteiger partial charge in [-0.15, -0.1) is 0 Å². The summed E-state index contributed by atoms with van der Waals surface area (Å²) in [5.74, 6) is -0.389. The first-order valence-corrected chi connectivity index (χ1v) is 8.52. The number of halogens is 1. The number of nitrogens with zero attached hydrogens (tertiary/aromatic N) is 1. The van der Waals surface area contributed by atoms with Crippen molar-refractivity contribution in [2.45, 2.75) is 20.4 Å². The molecule has 0 aliphatic carbocycles. The topological polar surface area (TPSA) is 51.2 Å². The molecular formula is C20H19ClN2O2. The van der Waals surface area contributed by atoms with Gasteiger partial charge >= 0.3 is 5.97 Å². The molecule has 0 aliphatic rings. The molecule has 0 aliphatic heterocycles. The Bertz CT molecular complexity index is 910. The minimum Gasteiger partial charge on any atom is -0.462 e. The predicted molar refractivity (Wildman–Crippen MR) is 101 cm³/mol. The molecule has 0 amide bonds. The van der Waals surface area contributed by atoms with Crippen molar-refractivity contribution in [1.29, 1.82) is 0 Å². The maximum Gasteiger partial charge on any atom is 0.341 e. The number of carbonyl (C=O) groups is 1. The summed E-state index contributed by atoms with van der Waals surface area (Å²) in [5, 5.41) is 4.88. The predicted octanol–water partition coefficient (Wildman–Crippen LogP) is 4.99. The van der Waals surface area contributed by atoms with Crippen LogP contribution < -0.4 is 5.32 Å². The molecule has 1 heterocycles. The first kappa shape index (κ1) is 17.2. The number of aryl methyl sites for hydroxylation is 1. The van der Waals surface area contributed by atoms with Gasteiger partial charge in [0.25, 0.3) is 0 Å². The van der Waals surface area contributed by atoms with Crippen molar-refractivity contribution in [3.05, 3.63) is 70.4 Å². The van der Waals surface area contributed by atoms with Crippen molar-refractivity contribution in [2.75, 3.05) is 11.9 Å². The molecule has 25 heavy (non-hydrogen) atoms. The number of carbonyl (C=O) groups excluding carboxylic acids is 1. The molecule has 0 bridgehead atoms. The third-order valence-electron chi connectivity index (χ3n) is 4.03. The lowest BCUT2D eigenvalue weighted by Crippen LogP contribution is -2.11. The number of nitrogens with one attached hydrogen (secondary N) is 1. The van der Waals surface area contributed by atoms with Crippen LogP contribution in [0.15, 0.2) is 48.7 Å². The van der Waals surface area contributed by atoms with Gasteiger partial charge in [0, 0.05) is 23.2 Å². The van der Waals surface area contributed by atoms with Crippen molar-refractivity contribution < 1.29 is 9.53 Å². The van der Waals surface area contributed by atoms with Crippen LogP contribution in [0.2, 0.25) is 5.02 Å². The van der Waals surface area contributed by atoms with Crippen molar-refractivity contribution >= 4 is 34.2 Å². The second kappa shape index (κ2) is 7.53. The second-order valence-corrected chi connectivity index (χ2v) is 6.08. The maximum absolute atomic E-state index is 12.3. The van der Waals surface area contributed by atoms with Gasteiger partial charge in [-0.1, -0.05) is 41.9 Å². The number of ether oxygens (including phenoxy) is 1. The third-order valence-corrected chi connectivity index (χ3v) is 4.44. The second-order valence-electron chi connectivity index (χ2n) is 5.68. The van der Waals surface area contributed by atoms with Crippen LogP contribution in [-0.2, 0) is 11.3 Å². The van der Waals surface area contributed by atoms with E-state index in [4.69, 9.17) is 16.3 Å². The highest BCUT2D eigenvalue weighted by atomic mass is 35.5. The molecule has 2 aromatic carbocycles. The molecular weight excluding hydrogens is 336 g/mol. The fourth-order valence-corrected chi connectivity index (χ4v) is 2.88. The lowest BCUT2D eigenvalue weighted by atomic mass is 10.1. The van der Waals surface area contributed by atoms with Gasteiger partial charge in [0.1, 0.15) is 5.56 Å². The molecule has 128 valence electrons. The Labute approximate surface area is 151 Å². The molecule has 0 spiro atoms. The average Bonchev–Trinajstić information content (AvgIpc) is 2.63. The molecule has 0 atom stereocenters. The zero-order valence-electron chi connectivity index (χ0n) is 14.2. The first-order chi connectivity index (χ1) is 12.1. The fourth-order valence-electron chi connectivity index (χ4n) is 2.72. The summed E-state index contributed by atoms with van der Waals surface area (Å²) < 4.78 is 5.18. The van der Waals surface area contributed by atoms with E-state index in [1.807, 2.05) is 49.4 Å². The molecule has 1 aromatic heterocycles. The molecule has 0 unspecified atom stereocenters. The standard InChI is InChI=1S/C20H19ClN2O2/c1-3-25-20(24)16-12-23-18-13(2)17(21)10-9-15(18)19(16)22-11-14-7-5-4-6-8-14/h4-10,12H,3,11H2,1-2H3,(H,22,23). The number of aromatic nitrogens is 1. The van der Waals surface area contributed by atoms with Crippen molar-refractivity contribution in [3.8, 4) is 0 Å². The van der Waals surface area contributed by atoms with Crippen molar-refractivity contribution in [2.24, 2.45) is 0 Å². The van der Waals surface area contributed by atoms with E-state index in [0.29, 0.717) is 29.4 Å². The Morgan fingerprint density at radius 1 is 1.20 bits per heavy atom. The lowest BCUT2D eigenvalue weighted by Gasteiger charge is -2.15. The van der Waals surface area contributed by atoms with Gasteiger partial charge < -0.3 is 10.1 Å². The highest BCUT2D eigenvalue weighted by molar-refractivity contribution is 6.32. The smallest absolute Gasteiger partial charge is 0.341 e. The summed E-state index contributed by atoms with van der Waals surface area (Å²) in [6.45, 7) is 4.61. The monoisotopic (exact) mass is 354 g/mol. The van der Waals surface area contributed by atoms with Gasteiger partial charge in [-0.3, -0.25) is 4.98 Å². The molecule has 5 heteroatoms. The Balaban J connectivity index is 2.08. The summed E-state index contributed by atoms with van der Waals surface area (Å²) in [6, 6.07) is 13.7. The molecule has 3 aromatic rings. The highest BCUT2D eigenvalue weighted by Gasteiger charge is 2.18. The summed E-state index contributed by atoms with van der Waals surface area (Å²) in [4.78, 5) is 16.8. The number of esters is 1. The quantitative estimate of drug-likeness (QED) is 0.656. The molecule has 0 fully saturated rings. The van der Waals surface area contributed by atoms with Crippen LogP contribution in [-0.4, -0.2) is 17.6 Å². The van der Waals surface area contributed by atoms with Gasteiger partial charge in [0.2, 0.25) is 0 Å². The van der Waals surface area contributed by atoms with Gasteiger partial charge in [0.05, 0.1) is 17.8 Å². The third kappa shape index (κ3) is 3.59. The van der Waals surface area contributed by atoms with E-state index in [1.54, 1.807) is 13.1 Å². The molecule has 0 radical (unpaired) electrons. The van der Waals surface area contributed by atoms with E-state index in [0.717, 1.165) is 22.0 Å². The molecule has 4 nitrogen and oxygen atoms in total. The van der Waals surface area contributed by atoms with Crippen LogP contribution in [0.25, 0.3) is 10.9 Å². The van der Waals surface area contributed by atoms with E-state index in [9.17, 15) is 4.79 Å². The number of hydrogen-bond donors (Lipinski definition) is 1. The fraction of sp³-hybridized carbons (Fsp3) is 0.200. The number of pyridine rings is 1. The first-order valence-electron chi connectivity index (χ1n) is 8.14. The summed E-state index contributed by atoms with van der Waals surface area (Å²) in [5.41, 5.74) is 3.92. The number of hydrogen-bond acceptors (Lipinski definition) is 4. The molecule has 1 N–H and O–H groups in total. The molecule has 0 saturated carbocycles. The SMILES string of the molecule is CCOC(=O)c1cnc2c(C)c(Cl)ccc2c1NCc1ccccc1.